The molecule has 0 fully saturated rings. The Labute approximate surface area is 129 Å². The fourth-order valence-corrected chi connectivity index (χ4v) is 3.41. The van der Waals surface area contributed by atoms with E-state index < -0.39 is 15.9 Å². The average Bonchev–Trinajstić information content (AvgIpc) is 2.49. The van der Waals surface area contributed by atoms with Crippen molar-refractivity contribution in [2.24, 2.45) is 5.92 Å². The highest BCUT2D eigenvalue weighted by atomic mass is 32.2. The molecule has 116 valence electrons. The van der Waals surface area contributed by atoms with Gasteiger partial charge in [-0.1, -0.05) is 11.1 Å². The number of pyridine rings is 1. The number of carbonyl (C=O) groups is 1. The Balaban J connectivity index is 2.15. The van der Waals surface area contributed by atoms with Gasteiger partial charge in [-0.15, -0.1) is 0 Å². The molecule has 7 heteroatoms. The van der Waals surface area contributed by atoms with Crippen molar-refractivity contribution < 1.29 is 13.2 Å². The van der Waals surface area contributed by atoms with Crippen molar-refractivity contribution in [2.75, 3.05) is 0 Å². The lowest BCUT2D eigenvalue weighted by Gasteiger charge is -2.23. The molecule has 0 saturated heterocycles. The van der Waals surface area contributed by atoms with Crippen LogP contribution in [0.4, 0.5) is 0 Å². The number of amides is 1. The summed E-state index contributed by atoms with van der Waals surface area (Å²) in [5.74, 6) is -0.847. The SMILES string of the molecule is CC1=C(C)CC(C(=O)NS(=O)(=O)c2cncc(C#N)c2)CC1. The molecule has 1 aromatic heterocycles. The zero-order valence-corrected chi connectivity index (χ0v) is 13.3. The maximum absolute atomic E-state index is 12.2. The second-order valence-corrected chi connectivity index (χ2v) is 7.17. The Morgan fingerprint density at radius 1 is 1.36 bits per heavy atom. The van der Waals surface area contributed by atoms with Crippen molar-refractivity contribution in [2.45, 2.75) is 38.0 Å². The van der Waals surface area contributed by atoms with E-state index in [1.165, 1.54) is 17.8 Å². The van der Waals surface area contributed by atoms with Crippen molar-refractivity contribution in [3.05, 3.63) is 35.2 Å². The summed E-state index contributed by atoms with van der Waals surface area (Å²) in [5.41, 5.74) is 2.53. The molecule has 1 aliphatic rings. The van der Waals surface area contributed by atoms with Gasteiger partial charge in [-0.25, -0.2) is 13.1 Å². The van der Waals surface area contributed by atoms with Crippen molar-refractivity contribution in [3.8, 4) is 6.07 Å². The molecule has 0 saturated carbocycles. The maximum atomic E-state index is 12.2. The first kappa shape index (κ1) is 16.2. The molecule has 0 spiro atoms. The van der Waals surface area contributed by atoms with Gasteiger partial charge in [-0.05, 0) is 39.2 Å². The summed E-state index contributed by atoms with van der Waals surface area (Å²) < 4.78 is 26.5. The van der Waals surface area contributed by atoms with Crippen LogP contribution in [0.3, 0.4) is 0 Å². The number of rotatable bonds is 3. The van der Waals surface area contributed by atoms with Crippen LogP contribution in [0.1, 0.15) is 38.7 Å². The van der Waals surface area contributed by atoms with E-state index in [1.54, 1.807) is 0 Å². The normalized spacial score (nSPS) is 18.7. The van der Waals surface area contributed by atoms with Crippen LogP contribution in [-0.2, 0) is 14.8 Å². The molecule has 1 N–H and O–H groups in total. The maximum Gasteiger partial charge on any atom is 0.265 e. The Bertz CT molecular complexity index is 775. The molecule has 1 unspecified atom stereocenters. The highest BCUT2D eigenvalue weighted by molar-refractivity contribution is 7.90. The van der Waals surface area contributed by atoms with Crippen LogP contribution in [0, 0.1) is 17.2 Å². The van der Waals surface area contributed by atoms with Gasteiger partial charge in [0.15, 0.2) is 0 Å². The minimum atomic E-state index is -4.00. The van der Waals surface area contributed by atoms with Gasteiger partial charge in [-0.2, -0.15) is 5.26 Å². The molecule has 2 rings (SSSR count). The molecular formula is C15H17N3O3S. The predicted molar refractivity (Wildman–Crippen MR) is 80.0 cm³/mol. The lowest BCUT2D eigenvalue weighted by molar-refractivity contribution is -0.123. The van der Waals surface area contributed by atoms with Crippen LogP contribution < -0.4 is 4.72 Å². The molecular weight excluding hydrogens is 302 g/mol. The van der Waals surface area contributed by atoms with Crippen LogP contribution in [0.25, 0.3) is 0 Å². The summed E-state index contributed by atoms with van der Waals surface area (Å²) in [6.45, 7) is 3.99. The first-order chi connectivity index (χ1) is 10.3. The minimum Gasteiger partial charge on any atom is -0.274 e. The van der Waals surface area contributed by atoms with E-state index in [-0.39, 0.29) is 16.4 Å². The molecule has 1 heterocycles. The third-order valence-corrected chi connectivity index (χ3v) is 5.22. The van der Waals surface area contributed by atoms with E-state index in [4.69, 9.17) is 5.26 Å². The zero-order chi connectivity index (χ0) is 16.3. The number of sulfonamides is 1. The molecule has 1 amide bonds. The average molecular weight is 319 g/mol. The first-order valence-corrected chi connectivity index (χ1v) is 8.39. The highest BCUT2D eigenvalue weighted by Gasteiger charge is 2.27. The fraction of sp³-hybridized carbons (Fsp3) is 0.400. The first-order valence-electron chi connectivity index (χ1n) is 6.90. The van der Waals surface area contributed by atoms with E-state index in [1.807, 2.05) is 19.9 Å². The van der Waals surface area contributed by atoms with Gasteiger partial charge >= 0.3 is 0 Å². The number of nitrogens with one attached hydrogen (secondary N) is 1. The zero-order valence-electron chi connectivity index (χ0n) is 12.5. The second-order valence-electron chi connectivity index (χ2n) is 5.49. The molecule has 0 aliphatic heterocycles. The Morgan fingerprint density at radius 2 is 2.09 bits per heavy atom. The summed E-state index contributed by atoms with van der Waals surface area (Å²) >= 11 is 0. The summed E-state index contributed by atoms with van der Waals surface area (Å²) in [4.78, 5) is 15.7. The number of hydrogen-bond donors (Lipinski definition) is 1. The van der Waals surface area contributed by atoms with Crippen LogP contribution in [0.15, 0.2) is 34.5 Å². The van der Waals surface area contributed by atoms with Gasteiger partial charge in [0.2, 0.25) is 5.91 Å². The van der Waals surface area contributed by atoms with Gasteiger partial charge in [0.05, 0.1) is 5.56 Å². The molecule has 1 atom stereocenters. The lowest BCUT2D eigenvalue weighted by Crippen LogP contribution is -2.36. The third-order valence-electron chi connectivity index (χ3n) is 3.91. The van der Waals surface area contributed by atoms with Crippen LogP contribution in [0.2, 0.25) is 0 Å². The number of nitrogens with zero attached hydrogens (tertiary/aromatic N) is 2. The quantitative estimate of drug-likeness (QED) is 0.858. The van der Waals surface area contributed by atoms with E-state index in [2.05, 4.69) is 9.71 Å². The summed E-state index contributed by atoms with van der Waals surface area (Å²) in [6, 6.07) is 3.01. The Morgan fingerprint density at radius 3 is 2.73 bits per heavy atom. The van der Waals surface area contributed by atoms with Crippen molar-refractivity contribution in [3.63, 3.8) is 0 Å². The summed E-state index contributed by atoms with van der Waals surface area (Å²) in [6.07, 6.45) is 4.39. The van der Waals surface area contributed by atoms with Crippen LogP contribution in [-0.4, -0.2) is 19.3 Å². The summed E-state index contributed by atoms with van der Waals surface area (Å²) in [5, 5.41) is 8.79. The van der Waals surface area contributed by atoms with E-state index >= 15 is 0 Å². The van der Waals surface area contributed by atoms with Crippen LogP contribution in [0.5, 0.6) is 0 Å². The number of hydrogen-bond acceptors (Lipinski definition) is 5. The summed E-state index contributed by atoms with van der Waals surface area (Å²) in [7, 11) is -4.00. The second kappa shape index (κ2) is 6.28. The third kappa shape index (κ3) is 3.52. The lowest BCUT2D eigenvalue weighted by atomic mass is 9.85. The predicted octanol–water partition coefficient (Wildman–Crippen LogP) is 1.89. The van der Waals surface area contributed by atoms with Gasteiger partial charge in [0.25, 0.3) is 10.0 Å². The minimum absolute atomic E-state index is 0.127. The van der Waals surface area contributed by atoms with E-state index in [0.717, 1.165) is 18.2 Å². The Kier molecular flexibility index (Phi) is 4.62. The van der Waals surface area contributed by atoms with Gasteiger partial charge in [0, 0.05) is 18.3 Å². The molecule has 6 nitrogen and oxygen atoms in total. The molecule has 22 heavy (non-hydrogen) atoms. The molecule has 0 aromatic carbocycles. The largest absolute Gasteiger partial charge is 0.274 e. The molecule has 1 aliphatic carbocycles. The van der Waals surface area contributed by atoms with Crippen molar-refractivity contribution >= 4 is 15.9 Å². The monoisotopic (exact) mass is 319 g/mol. The van der Waals surface area contributed by atoms with Gasteiger partial charge in [0.1, 0.15) is 11.0 Å². The number of allylic oxidation sites excluding steroid dienone is 2. The Hall–Kier alpha value is -2.20. The highest BCUT2D eigenvalue weighted by Crippen LogP contribution is 2.29. The van der Waals surface area contributed by atoms with Crippen molar-refractivity contribution in [1.82, 2.24) is 9.71 Å². The molecule has 0 radical (unpaired) electrons. The van der Waals surface area contributed by atoms with E-state index in [9.17, 15) is 13.2 Å². The standard InChI is InChI=1S/C15H17N3O3S/c1-10-3-4-13(5-11(10)2)15(19)18-22(20,21)14-6-12(7-16)8-17-9-14/h6,8-9,13H,3-5H2,1-2H3,(H,18,19). The molecule has 1 aromatic rings. The fourth-order valence-electron chi connectivity index (χ4n) is 2.38. The van der Waals surface area contributed by atoms with E-state index in [0.29, 0.717) is 12.8 Å². The van der Waals surface area contributed by atoms with Crippen LogP contribution >= 0.6 is 0 Å². The van der Waals surface area contributed by atoms with Gasteiger partial charge < -0.3 is 0 Å². The molecule has 0 bridgehead atoms. The van der Waals surface area contributed by atoms with Crippen molar-refractivity contribution in [1.29, 1.82) is 5.26 Å². The van der Waals surface area contributed by atoms with Gasteiger partial charge in [-0.3, -0.25) is 9.78 Å². The number of aromatic nitrogens is 1. The smallest absolute Gasteiger partial charge is 0.265 e. The topological polar surface area (TPSA) is 99.9 Å². The number of nitriles is 1. The number of carbonyl (C=O) groups excluding carboxylic acids is 1.